The van der Waals surface area contributed by atoms with Gasteiger partial charge in [-0.05, 0) is 68.1 Å². The molecule has 2 saturated heterocycles. The summed E-state index contributed by atoms with van der Waals surface area (Å²) in [6.07, 6.45) is 5.27. The Morgan fingerprint density at radius 1 is 1.14 bits per heavy atom. The van der Waals surface area contributed by atoms with E-state index in [0.29, 0.717) is 44.4 Å². The van der Waals surface area contributed by atoms with E-state index >= 15 is 0 Å². The zero-order valence-corrected chi connectivity index (χ0v) is 19.9. The average Bonchev–Trinajstić information content (AvgIpc) is 3.37. The molecule has 0 aromatic heterocycles. The Bertz CT molecular complexity index is 1010. The van der Waals surface area contributed by atoms with E-state index in [1.165, 1.54) is 18.9 Å². The first-order valence-electron chi connectivity index (χ1n) is 12.7. The van der Waals surface area contributed by atoms with Gasteiger partial charge < -0.3 is 14.5 Å². The van der Waals surface area contributed by atoms with Gasteiger partial charge in [0.15, 0.2) is 0 Å². The zero-order chi connectivity index (χ0) is 24.6. The highest BCUT2D eigenvalue weighted by Gasteiger charge is 2.50. The molecule has 2 aliphatic heterocycles. The Kier molecular flexibility index (Phi) is 6.56. The molecule has 1 unspecified atom stereocenters. The van der Waals surface area contributed by atoms with Crippen molar-refractivity contribution >= 4 is 11.6 Å². The second kappa shape index (κ2) is 9.50. The minimum atomic E-state index is -4.57. The fourth-order valence-corrected chi connectivity index (χ4v) is 6.01. The Morgan fingerprint density at radius 3 is 2.49 bits per heavy atom. The van der Waals surface area contributed by atoms with Gasteiger partial charge in [0.1, 0.15) is 0 Å². The van der Waals surface area contributed by atoms with E-state index in [-0.39, 0.29) is 28.7 Å². The number of nitrogens with zero attached hydrogens (tertiary/aromatic N) is 3. The predicted molar refractivity (Wildman–Crippen MR) is 126 cm³/mol. The van der Waals surface area contributed by atoms with Crippen LogP contribution in [0.2, 0.25) is 0 Å². The molecule has 0 N–H and O–H groups in total. The number of nitriles is 1. The first kappa shape index (κ1) is 24.2. The number of benzene rings is 1. The average molecular weight is 488 g/mol. The fourth-order valence-electron chi connectivity index (χ4n) is 6.01. The van der Waals surface area contributed by atoms with Crippen molar-refractivity contribution in [3.8, 4) is 6.07 Å². The van der Waals surface area contributed by atoms with E-state index in [0.717, 1.165) is 38.4 Å². The van der Waals surface area contributed by atoms with Crippen molar-refractivity contribution in [2.75, 3.05) is 44.3 Å². The molecule has 0 bridgehead atoms. The number of anilines is 1. The Labute approximate surface area is 204 Å². The molecule has 1 spiro atoms. The van der Waals surface area contributed by atoms with Crippen LogP contribution in [0.5, 0.6) is 0 Å². The van der Waals surface area contributed by atoms with E-state index < -0.39 is 11.7 Å². The summed E-state index contributed by atoms with van der Waals surface area (Å²) in [7, 11) is 0. The minimum absolute atomic E-state index is 0.0395. The molecule has 0 radical (unpaired) electrons. The second-order valence-electron chi connectivity index (χ2n) is 10.7. The molecule has 1 atom stereocenters. The lowest BCUT2D eigenvalue weighted by molar-refractivity contribution is -0.137. The summed E-state index contributed by atoms with van der Waals surface area (Å²) >= 11 is 0. The van der Waals surface area contributed by atoms with Gasteiger partial charge in [0.05, 0.1) is 23.8 Å². The van der Waals surface area contributed by atoms with Gasteiger partial charge in [0.25, 0.3) is 0 Å². The second-order valence-corrected chi connectivity index (χ2v) is 10.7. The van der Waals surface area contributed by atoms with Gasteiger partial charge in [-0.2, -0.15) is 18.4 Å². The largest absolute Gasteiger partial charge is 0.417 e. The highest BCUT2D eigenvalue weighted by molar-refractivity contribution is 5.80. The first-order chi connectivity index (χ1) is 16.8. The van der Waals surface area contributed by atoms with Gasteiger partial charge >= 0.3 is 6.18 Å². The molecule has 1 aromatic rings. The maximum Gasteiger partial charge on any atom is 0.417 e. The maximum atomic E-state index is 13.5. The molecule has 2 heterocycles. The normalized spacial score (nSPS) is 24.3. The van der Waals surface area contributed by atoms with Gasteiger partial charge in [0, 0.05) is 50.3 Å². The molecule has 5 nitrogen and oxygen atoms in total. The molecular weight excluding hydrogens is 455 g/mol. The molecule has 5 rings (SSSR count). The SMILES string of the molecule is N#Cc1ccc(N2CCC3(CC2)CN(C(=O)C2CC=CC2)CC3COCC2CC2)cc1C(F)(F)F. The topological polar surface area (TPSA) is 56.6 Å². The molecule has 35 heavy (non-hydrogen) atoms. The summed E-state index contributed by atoms with van der Waals surface area (Å²) in [5.74, 6) is 1.19. The van der Waals surface area contributed by atoms with Crippen LogP contribution in [0.1, 0.15) is 49.7 Å². The number of ether oxygens (including phenoxy) is 1. The van der Waals surface area contributed by atoms with Crippen molar-refractivity contribution in [2.24, 2.45) is 23.2 Å². The number of halogens is 3. The number of rotatable bonds is 6. The number of likely N-dealkylation sites (tertiary alicyclic amines) is 1. The van der Waals surface area contributed by atoms with Crippen LogP contribution in [0.4, 0.5) is 18.9 Å². The molecule has 1 saturated carbocycles. The number of hydrogen-bond acceptors (Lipinski definition) is 4. The lowest BCUT2D eigenvalue weighted by Crippen LogP contribution is -2.46. The number of carbonyl (C=O) groups excluding carboxylic acids is 1. The summed E-state index contributed by atoms with van der Waals surface area (Å²) in [5.41, 5.74) is -0.808. The monoisotopic (exact) mass is 487 g/mol. The Hall–Kier alpha value is -2.53. The number of piperidine rings is 1. The van der Waals surface area contributed by atoms with Crippen LogP contribution in [0, 0.1) is 34.5 Å². The lowest BCUT2D eigenvalue weighted by Gasteiger charge is -2.43. The molecule has 1 aromatic carbocycles. The van der Waals surface area contributed by atoms with Gasteiger partial charge in [-0.25, -0.2) is 0 Å². The van der Waals surface area contributed by atoms with Crippen molar-refractivity contribution in [1.82, 2.24) is 4.90 Å². The van der Waals surface area contributed by atoms with Crippen LogP contribution in [0.3, 0.4) is 0 Å². The first-order valence-corrected chi connectivity index (χ1v) is 12.7. The van der Waals surface area contributed by atoms with E-state index in [1.54, 1.807) is 12.1 Å². The molecule has 3 fully saturated rings. The third-order valence-electron chi connectivity index (χ3n) is 8.40. The summed E-state index contributed by atoms with van der Waals surface area (Å²) in [5, 5.41) is 9.10. The Balaban J connectivity index is 1.29. The molecular formula is C27H32F3N3O2. The minimum Gasteiger partial charge on any atom is -0.381 e. The van der Waals surface area contributed by atoms with E-state index in [9.17, 15) is 18.0 Å². The van der Waals surface area contributed by atoms with Crippen LogP contribution in [-0.4, -0.2) is 50.2 Å². The molecule has 188 valence electrons. The van der Waals surface area contributed by atoms with E-state index in [1.807, 2.05) is 9.80 Å². The fraction of sp³-hybridized carbons (Fsp3) is 0.630. The van der Waals surface area contributed by atoms with Crippen molar-refractivity contribution in [2.45, 2.75) is 44.7 Å². The molecule has 8 heteroatoms. The highest BCUT2D eigenvalue weighted by atomic mass is 19.4. The zero-order valence-electron chi connectivity index (χ0n) is 19.9. The molecule has 4 aliphatic rings. The molecule has 1 amide bonds. The summed E-state index contributed by atoms with van der Waals surface area (Å²) in [6, 6.07) is 5.63. The van der Waals surface area contributed by atoms with Crippen LogP contribution < -0.4 is 4.90 Å². The quantitative estimate of drug-likeness (QED) is 0.529. The smallest absolute Gasteiger partial charge is 0.381 e. The van der Waals surface area contributed by atoms with Crippen LogP contribution in [0.15, 0.2) is 30.4 Å². The van der Waals surface area contributed by atoms with E-state index in [2.05, 4.69) is 12.2 Å². The maximum absolute atomic E-state index is 13.5. The summed E-state index contributed by atoms with van der Waals surface area (Å²) < 4.78 is 46.5. The van der Waals surface area contributed by atoms with Crippen LogP contribution in [0.25, 0.3) is 0 Å². The van der Waals surface area contributed by atoms with Crippen molar-refractivity contribution in [1.29, 1.82) is 5.26 Å². The summed E-state index contributed by atoms with van der Waals surface area (Å²) in [6.45, 7) is 4.07. The number of alkyl halides is 3. The van der Waals surface area contributed by atoms with Gasteiger partial charge in [-0.3, -0.25) is 4.79 Å². The van der Waals surface area contributed by atoms with Crippen molar-refractivity contribution < 1.29 is 22.7 Å². The predicted octanol–water partition coefficient (Wildman–Crippen LogP) is 5.01. The van der Waals surface area contributed by atoms with Gasteiger partial charge in [-0.1, -0.05) is 12.2 Å². The lowest BCUT2D eigenvalue weighted by atomic mass is 9.71. The third-order valence-corrected chi connectivity index (χ3v) is 8.40. The van der Waals surface area contributed by atoms with E-state index in [4.69, 9.17) is 10.00 Å². The Morgan fingerprint density at radius 2 is 1.86 bits per heavy atom. The van der Waals surface area contributed by atoms with Crippen molar-refractivity contribution in [3.05, 3.63) is 41.5 Å². The van der Waals surface area contributed by atoms with Crippen LogP contribution >= 0.6 is 0 Å². The number of carbonyl (C=O) groups is 1. The summed E-state index contributed by atoms with van der Waals surface area (Å²) in [4.78, 5) is 17.2. The number of amides is 1. The third kappa shape index (κ3) is 5.06. The van der Waals surface area contributed by atoms with Crippen molar-refractivity contribution in [3.63, 3.8) is 0 Å². The number of hydrogen-bond donors (Lipinski definition) is 0. The standard InChI is InChI=1S/C27H32F3N3O2/c28-27(29,30)24-13-23(8-7-21(24)14-31)32-11-9-26(10-12-32)18-33(25(34)20-3-1-2-4-20)15-22(26)17-35-16-19-5-6-19/h1-2,7-8,13,19-20,22H,3-6,9-12,15-18H2. The van der Waals surface area contributed by atoms with Gasteiger partial charge in [0.2, 0.25) is 5.91 Å². The number of allylic oxidation sites excluding steroid dienone is 2. The highest BCUT2D eigenvalue weighted by Crippen LogP contribution is 2.47. The van der Waals surface area contributed by atoms with Gasteiger partial charge in [-0.15, -0.1) is 0 Å². The molecule has 2 aliphatic carbocycles. The van der Waals surface area contributed by atoms with Crippen LogP contribution in [-0.2, 0) is 15.7 Å².